The Balaban J connectivity index is 2.26. The summed E-state index contributed by atoms with van der Waals surface area (Å²) in [5.74, 6) is -0.782. The van der Waals surface area contributed by atoms with Crippen LogP contribution in [0.25, 0.3) is 0 Å². The molecule has 4 N–H and O–H groups in total. The minimum absolute atomic E-state index is 0.253. The number of aromatic nitrogens is 1. The van der Waals surface area contributed by atoms with E-state index in [2.05, 4.69) is 10.3 Å². The number of nitrogens with two attached hydrogens (primary N) is 1. The minimum Gasteiger partial charge on any atom is -0.478 e. The number of carbonyl (C=O) groups excluding carboxylic acids is 1. The fourth-order valence-corrected chi connectivity index (χ4v) is 2.30. The number of carbonyl (C=O) groups is 2. The van der Waals surface area contributed by atoms with Gasteiger partial charge in [0.15, 0.2) is 0 Å². The predicted molar refractivity (Wildman–Crippen MR) is 97.7 cm³/mol. The van der Waals surface area contributed by atoms with Crippen LogP contribution in [0.1, 0.15) is 16.8 Å². The van der Waals surface area contributed by atoms with Gasteiger partial charge >= 0.3 is 5.97 Å². The predicted octanol–water partition coefficient (Wildman–Crippen LogP) is 2.38. The van der Waals surface area contributed by atoms with Crippen molar-refractivity contribution in [2.75, 3.05) is 29.5 Å². The molecule has 2 rings (SSSR count). The maximum absolute atomic E-state index is 12.9. The Kier molecular flexibility index (Phi) is 6.11. The molecule has 0 saturated carbocycles. The molecule has 7 heteroatoms. The van der Waals surface area contributed by atoms with Gasteiger partial charge in [0.05, 0.1) is 11.4 Å². The number of nitrogen functional groups attached to an aromatic ring is 1. The van der Waals surface area contributed by atoms with E-state index in [-0.39, 0.29) is 5.91 Å². The zero-order valence-corrected chi connectivity index (χ0v) is 13.8. The van der Waals surface area contributed by atoms with Crippen molar-refractivity contribution in [3.63, 3.8) is 0 Å². The molecule has 0 spiro atoms. The number of hydrogen-bond donors (Lipinski definition) is 3. The third-order valence-corrected chi connectivity index (χ3v) is 3.52. The number of hydrogen-bond acceptors (Lipinski definition) is 5. The van der Waals surface area contributed by atoms with Gasteiger partial charge < -0.3 is 16.2 Å². The summed E-state index contributed by atoms with van der Waals surface area (Å²) in [6.07, 6.45) is 4.55. The average Bonchev–Trinajstić information content (AvgIpc) is 2.61. The van der Waals surface area contributed by atoms with Crippen LogP contribution < -0.4 is 16.0 Å². The first-order valence-corrected chi connectivity index (χ1v) is 7.72. The first-order chi connectivity index (χ1) is 12.0. The number of aliphatic carboxylic acids is 1. The lowest BCUT2D eigenvalue weighted by Crippen LogP contribution is -2.32. The van der Waals surface area contributed by atoms with Crippen LogP contribution in [0.4, 0.5) is 17.2 Å². The van der Waals surface area contributed by atoms with Gasteiger partial charge in [0, 0.05) is 31.4 Å². The minimum atomic E-state index is -1.02. The molecule has 1 aromatic carbocycles. The van der Waals surface area contributed by atoms with Gasteiger partial charge in [-0.05, 0) is 36.8 Å². The van der Waals surface area contributed by atoms with Crippen LogP contribution in [0.5, 0.6) is 0 Å². The van der Waals surface area contributed by atoms with Crippen molar-refractivity contribution >= 4 is 29.1 Å². The van der Waals surface area contributed by atoms with E-state index in [4.69, 9.17) is 10.8 Å². The summed E-state index contributed by atoms with van der Waals surface area (Å²) in [6.45, 7) is 0.299. The van der Waals surface area contributed by atoms with E-state index in [0.717, 1.165) is 11.8 Å². The van der Waals surface area contributed by atoms with Crippen molar-refractivity contribution in [2.24, 2.45) is 0 Å². The molecule has 0 bridgehead atoms. The largest absolute Gasteiger partial charge is 0.478 e. The van der Waals surface area contributed by atoms with Crippen LogP contribution in [-0.4, -0.2) is 35.6 Å². The van der Waals surface area contributed by atoms with Gasteiger partial charge in [-0.3, -0.25) is 9.69 Å². The molecule has 0 unspecified atom stereocenters. The van der Waals surface area contributed by atoms with Gasteiger partial charge in [-0.25, -0.2) is 9.78 Å². The normalized spacial score (nSPS) is 10.6. The van der Waals surface area contributed by atoms with E-state index >= 15 is 0 Å². The smallest absolute Gasteiger partial charge is 0.327 e. The zero-order valence-electron chi connectivity index (χ0n) is 13.8. The van der Waals surface area contributed by atoms with Gasteiger partial charge in [0.25, 0.3) is 5.91 Å². The number of pyridine rings is 1. The van der Waals surface area contributed by atoms with Crippen molar-refractivity contribution < 1.29 is 14.7 Å². The Labute approximate surface area is 145 Å². The SMILES string of the molecule is CNc1ccc(C(=O)N(CCC=CC(=O)O)c2ccccn2)cc1N. The standard InChI is InChI=1S/C18H20N4O3/c1-20-15-9-8-13(12-14(15)19)18(25)22(11-5-3-7-17(23)24)16-6-2-4-10-21-16/h2-4,6-10,12,20H,5,11,19H2,1H3,(H,23,24). The molecule has 1 aromatic heterocycles. The summed E-state index contributed by atoms with van der Waals surface area (Å²) in [5.41, 5.74) is 7.59. The number of nitrogens with one attached hydrogen (secondary N) is 1. The number of carboxylic acid groups (broad SMARTS) is 1. The van der Waals surface area contributed by atoms with Crippen LogP contribution in [-0.2, 0) is 4.79 Å². The van der Waals surface area contributed by atoms with Crippen LogP contribution in [0.2, 0.25) is 0 Å². The van der Waals surface area contributed by atoms with Gasteiger partial charge in [-0.2, -0.15) is 0 Å². The Hall–Kier alpha value is -3.35. The third kappa shape index (κ3) is 4.81. The highest BCUT2D eigenvalue weighted by Crippen LogP contribution is 2.22. The fraction of sp³-hybridized carbons (Fsp3) is 0.167. The van der Waals surface area contributed by atoms with E-state index in [1.807, 2.05) is 0 Å². The first kappa shape index (κ1) is 18.0. The summed E-state index contributed by atoms with van der Waals surface area (Å²) < 4.78 is 0. The van der Waals surface area contributed by atoms with Crippen molar-refractivity contribution in [3.05, 3.63) is 60.3 Å². The van der Waals surface area contributed by atoms with Crippen LogP contribution in [0.3, 0.4) is 0 Å². The van der Waals surface area contributed by atoms with Crippen LogP contribution in [0, 0.1) is 0 Å². The second-order valence-electron chi connectivity index (χ2n) is 5.23. The second kappa shape index (κ2) is 8.49. The maximum atomic E-state index is 12.9. The lowest BCUT2D eigenvalue weighted by molar-refractivity contribution is -0.131. The van der Waals surface area contributed by atoms with Crippen LogP contribution in [0.15, 0.2) is 54.7 Å². The Morgan fingerprint density at radius 2 is 2.12 bits per heavy atom. The van der Waals surface area contributed by atoms with Crippen molar-refractivity contribution in [1.82, 2.24) is 4.98 Å². The Morgan fingerprint density at radius 3 is 2.72 bits per heavy atom. The van der Waals surface area contributed by atoms with E-state index < -0.39 is 5.97 Å². The summed E-state index contributed by atoms with van der Waals surface area (Å²) in [4.78, 5) is 29.2. The maximum Gasteiger partial charge on any atom is 0.327 e. The molecular weight excluding hydrogens is 320 g/mol. The molecule has 0 aliphatic carbocycles. The molecule has 1 amide bonds. The molecule has 0 saturated heterocycles. The van der Waals surface area contributed by atoms with Gasteiger partial charge in [0.1, 0.15) is 5.82 Å². The number of nitrogens with zero attached hydrogens (tertiary/aromatic N) is 2. The van der Waals surface area contributed by atoms with E-state index in [0.29, 0.717) is 30.0 Å². The topological polar surface area (TPSA) is 109 Å². The summed E-state index contributed by atoms with van der Waals surface area (Å²) in [6, 6.07) is 10.3. The highest BCUT2D eigenvalue weighted by molar-refractivity contribution is 6.06. The lowest BCUT2D eigenvalue weighted by atomic mass is 10.1. The Bertz CT molecular complexity index is 775. The number of carboxylic acids is 1. The number of anilines is 3. The Morgan fingerprint density at radius 1 is 1.32 bits per heavy atom. The van der Waals surface area contributed by atoms with Crippen LogP contribution >= 0.6 is 0 Å². The quantitative estimate of drug-likeness (QED) is 0.527. The highest BCUT2D eigenvalue weighted by atomic mass is 16.4. The number of amides is 1. The molecule has 0 atom stereocenters. The second-order valence-corrected chi connectivity index (χ2v) is 5.23. The van der Waals surface area contributed by atoms with Gasteiger partial charge in [-0.1, -0.05) is 12.1 Å². The van der Waals surface area contributed by atoms with Crippen molar-refractivity contribution in [3.8, 4) is 0 Å². The number of benzene rings is 1. The fourth-order valence-electron chi connectivity index (χ4n) is 2.30. The molecule has 0 aliphatic rings. The molecule has 7 nitrogen and oxygen atoms in total. The van der Waals surface area contributed by atoms with Gasteiger partial charge in [-0.15, -0.1) is 0 Å². The van der Waals surface area contributed by atoms with Crippen molar-refractivity contribution in [1.29, 1.82) is 0 Å². The third-order valence-electron chi connectivity index (χ3n) is 3.52. The van der Waals surface area contributed by atoms with E-state index in [9.17, 15) is 9.59 Å². The lowest BCUT2D eigenvalue weighted by Gasteiger charge is -2.21. The number of rotatable bonds is 7. The summed E-state index contributed by atoms with van der Waals surface area (Å²) >= 11 is 0. The molecule has 2 aromatic rings. The summed E-state index contributed by atoms with van der Waals surface area (Å²) in [5, 5.41) is 11.6. The summed E-state index contributed by atoms with van der Waals surface area (Å²) in [7, 11) is 1.75. The molecule has 0 aliphatic heterocycles. The molecule has 130 valence electrons. The average molecular weight is 340 g/mol. The molecule has 25 heavy (non-hydrogen) atoms. The zero-order chi connectivity index (χ0) is 18.2. The monoisotopic (exact) mass is 340 g/mol. The van der Waals surface area contributed by atoms with Crippen molar-refractivity contribution in [2.45, 2.75) is 6.42 Å². The van der Waals surface area contributed by atoms with E-state index in [1.54, 1.807) is 49.6 Å². The van der Waals surface area contributed by atoms with E-state index in [1.165, 1.54) is 11.0 Å². The molecule has 1 heterocycles. The highest BCUT2D eigenvalue weighted by Gasteiger charge is 2.18. The first-order valence-electron chi connectivity index (χ1n) is 7.72. The molecule has 0 radical (unpaired) electrons. The molecular formula is C18H20N4O3. The van der Waals surface area contributed by atoms with Gasteiger partial charge in [0.2, 0.25) is 0 Å². The molecule has 0 fully saturated rings.